The Labute approximate surface area is 231 Å². The number of hydrogen-bond acceptors (Lipinski definition) is 5. The minimum absolute atomic E-state index is 0.0490. The number of nitrogens with one attached hydrogen (secondary N) is 2. The highest BCUT2D eigenvalue weighted by molar-refractivity contribution is 7.80. The lowest BCUT2D eigenvalue weighted by Gasteiger charge is -2.27. The Bertz CT molecular complexity index is 1570. The Morgan fingerprint density at radius 3 is 2.56 bits per heavy atom. The molecule has 1 saturated heterocycles. The fourth-order valence-corrected chi connectivity index (χ4v) is 5.17. The largest absolute Gasteiger partial charge is 0.478 e. The molecule has 0 unspecified atom stereocenters. The number of carboxylic acid groups (broad SMARTS) is 1. The number of amides is 1. The molecular formula is C30H28N4O4S. The zero-order valence-corrected chi connectivity index (χ0v) is 22.6. The van der Waals surface area contributed by atoms with Gasteiger partial charge in [-0.3, -0.25) is 9.78 Å². The van der Waals surface area contributed by atoms with E-state index in [1.54, 1.807) is 24.4 Å². The molecule has 2 atom stereocenters. The van der Waals surface area contributed by atoms with E-state index in [4.69, 9.17) is 16.6 Å². The van der Waals surface area contributed by atoms with Crippen molar-refractivity contribution in [2.75, 3.05) is 10.2 Å². The molecule has 0 bridgehead atoms. The Kier molecular flexibility index (Phi) is 7.17. The molecule has 9 heteroatoms. The van der Waals surface area contributed by atoms with Crippen LogP contribution in [0.25, 0.3) is 11.3 Å². The van der Waals surface area contributed by atoms with Gasteiger partial charge in [0.15, 0.2) is 5.11 Å². The van der Waals surface area contributed by atoms with Gasteiger partial charge in [0.2, 0.25) is 5.91 Å². The van der Waals surface area contributed by atoms with E-state index in [0.29, 0.717) is 23.1 Å². The van der Waals surface area contributed by atoms with Crippen LogP contribution in [0.2, 0.25) is 0 Å². The van der Waals surface area contributed by atoms with Crippen LogP contribution in [0, 0.1) is 13.8 Å². The highest BCUT2D eigenvalue weighted by atomic mass is 32.1. The van der Waals surface area contributed by atoms with Crippen molar-refractivity contribution in [2.24, 2.45) is 0 Å². The molecule has 0 spiro atoms. The normalized spacial score (nSPS) is 16.7. The SMILES string of the molecule is CCC(=O)Nc1ccc(N2C(=S)N[C@@H](c3ccccn3)[C@@H]2c2ccc(-c3ccc(C(=O)O)cc3C)o2)cc1C. The molecule has 39 heavy (non-hydrogen) atoms. The van der Waals surface area contributed by atoms with Gasteiger partial charge in [-0.2, -0.15) is 0 Å². The number of thiocarbonyl (C=S) groups is 1. The summed E-state index contributed by atoms with van der Waals surface area (Å²) in [5.41, 5.74) is 5.16. The predicted octanol–water partition coefficient (Wildman–Crippen LogP) is 6.18. The fraction of sp³-hybridized carbons (Fsp3) is 0.200. The standard InChI is InChI=1S/C30H28N4O4S/c1-4-26(35)32-22-11-9-20(16-18(22)3)34-28(27(33-30(34)39)23-7-5-6-14-31-23)25-13-12-24(38-25)21-10-8-19(29(36)37)15-17(21)2/h5-16,27-28H,4H2,1-3H3,(H,32,35)(H,33,39)(H,36,37)/t27-,28-/m0/s1. The highest BCUT2D eigenvalue weighted by Gasteiger charge is 2.42. The molecule has 2 aromatic carbocycles. The second-order valence-corrected chi connectivity index (χ2v) is 9.82. The van der Waals surface area contributed by atoms with Gasteiger partial charge in [0, 0.05) is 29.6 Å². The molecule has 4 aromatic rings. The summed E-state index contributed by atoms with van der Waals surface area (Å²) in [6.45, 7) is 5.62. The molecule has 3 heterocycles. The van der Waals surface area contributed by atoms with Gasteiger partial charge in [-0.05, 0) is 91.8 Å². The number of aryl methyl sites for hydroxylation is 2. The lowest BCUT2D eigenvalue weighted by Crippen LogP contribution is -2.29. The molecule has 0 aliphatic carbocycles. The van der Waals surface area contributed by atoms with Crippen LogP contribution in [-0.2, 0) is 4.79 Å². The predicted molar refractivity (Wildman–Crippen MR) is 154 cm³/mol. The van der Waals surface area contributed by atoms with Gasteiger partial charge < -0.3 is 25.1 Å². The molecule has 1 aliphatic heterocycles. The first-order valence-electron chi connectivity index (χ1n) is 12.6. The van der Waals surface area contributed by atoms with E-state index in [9.17, 15) is 14.7 Å². The first-order valence-corrected chi connectivity index (χ1v) is 13.0. The molecule has 1 fully saturated rings. The van der Waals surface area contributed by atoms with Crippen LogP contribution in [0.3, 0.4) is 0 Å². The summed E-state index contributed by atoms with van der Waals surface area (Å²) < 4.78 is 6.43. The summed E-state index contributed by atoms with van der Waals surface area (Å²) >= 11 is 5.82. The van der Waals surface area contributed by atoms with Gasteiger partial charge in [0.25, 0.3) is 0 Å². The lowest BCUT2D eigenvalue weighted by atomic mass is 10.0. The number of carbonyl (C=O) groups excluding carboxylic acids is 1. The van der Waals surface area contributed by atoms with Gasteiger partial charge in [0.1, 0.15) is 17.6 Å². The van der Waals surface area contributed by atoms with Crippen molar-refractivity contribution in [3.63, 3.8) is 0 Å². The van der Waals surface area contributed by atoms with Crippen LogP contribution in [0.15, 0.2) is 77.3 Å². The molecule has 0 radical (unpaired) electrons. The summed E-state index contributed by atoms with van der Waals surface area (Å²) in [5.74, 6) is 0.286. The van der Waals surface area contributed by atoms with Crippen LogP contribution in [0.4, 0.5) is 11.4 Å². The van der Waals surface area contributed by atoms with E-state index in [0.717, 1.165) is 33.8 Å². The molecule has 8 nitrogen and oxygen atoms in total. The Balaban J connectivity index is 1.56. The lowest BCUT2D eigenvalue weighted by molar-refractivity contribution is -0.115. The van der Waals surface area contributed by atoms with Gasteiger partial charge in [0.05, 0.1) is 17.3 Å². The third kappa shape index (κ3) is 5.13. The van der Waals surface area contributed by atoms with Crippen molar-refractivity contribution in [2.45, 2.75) is 39.3 Å². The van der Waals surface area contributed by atoms with Crippen LogP contribution in [0.1, 0.15) is 58.4 Å². The first kappa shape index (κ1) is 26.1. The topological polar surface area (TPSA) is 108 Å². The molecule has 198 valence electrons. The number of benzene rings is 2. The quantitative estimate of drug-likeness (QED) is 0.239. The number of anilines is 2. The van der Waals surface area contributed by atoms with E-state index < -0.39 is 5.97 Å². The Morgan fingerprint density at radius 1 is 1.08 bits per heavy atom. The van der Waals surface area contributed by atoms with Gasteiger partial charge in [-0.15, -0.1) is 0 Å². The molecule has 1 amide bonds. The minimum atomic E-state index is -0.972. The van der Waals surface area contributed by atoms with Crippen molar-refractivity contribution in [1.82, 2.24) is 10.3 Å². The maximum absolute atomic E-state index is 12.0. The minimum Gasteiger partial charge on any atom is -0.478 e. The van der Waals surface area contributed by atoms with E-state index in [2.05, 4.69) is 15.6 Å². The number of aromatic nitrogens is 1. The third-order valence-corrected chi connectivity index (χ3v) is 7.15. The number of furan rings is 1. The molecule has 0 saturated carbocycles. The second kappa shape index (κ2) is 10.7. The smallest absolute Gasteiger partial charge is 0.335 e. The molecule has 5 rings (SSSR count). The first-order chi connectivity index (χ1) is 18.8. The van der Waals surface area contributed by atoms with Crippen LogP contribution < -0.4 is 15.5 Å². The van der Waals surface area contributed by atoms with Crippen molar-refractivity contribution in [3.05, 3.63) is 101 Å². The number of rotatable bonds is 7. The summed E-state index contributed by atoms with van der Waals surface area (Å²) in [6, 6.07) is 19.7. The second-order valence-electron chi connectivity index (χ2n) is 9.43. The molecule has 2 aromatic heterocycles. The molecular weight excluding hydrogens is 512 g/mol. The maximum Gasteiger partial charge on any atom is 0.335 e. The maximum atomic E-state index is 12.0. The summed E-state index contributed by atoms with van der Waals surface area (Å²) in [7, 11) is 0. The average Bonchev–Trinajstić information content (AvgIpc) is 3.54. The number of carbonyl (C=O) groups is 2. The Morgan fingerprint density at radius 2 is 1.90 bits per heavy atom. The van der Waals surface area contributed by atoms with Crippen molar-refractivity contribution in [1.29, 1.82) is 0 Å². The van der Waals surface area contributed by atoms with E-state index in [1.807, 2.05) is 74.2 Å². The fourth-order valence-electron chi connectivity index (χ4n) is 4.83. The number of pyridine rings is 1. The highest BCUT2D eigenvalue weighted by Crippen LogP contribution is 2.43. The van der Waals surface area contributed by atoms with Crippen LogP contribution in [-0.4, -0.2) is 27.1 Å². The van der Waals surface area contributed by atoms with Crippen LogP contribution >= 0.6 is 12.2 Å². The Hall–Kier alpha value is -4.50. The van der Waals surface area contributed by atoms with Crippen molar-refractivity contribution in [3.8, 4) is 11.3 Å². The van der Waals surface area contributed by atoms with Crippen LogP contribution in [0.5, 0.6) is 0 Å². The number of carboxylic acids is 1. The monoisotopic (exact) mass is 540 g/mol. The number of aromatic carboxylic acids is 1. The third-order valence-electron chi connectivity index (χ3n) is 6.84. The number of hydrogen-bond donors (Lipinski definition) is 3. The van der Waals surface area contributed by atoms with E-state index in [-0.39, 0.29) is 23.6 Å². The number of nitrogens with zero attached hydrogens (tertiary/aromatic N) is 2. The van der Waals surface area contributed by atoms with Gasteiger partial charge in [-0.25, -0.2) is 4.79 Å². The van der Waals surface area contributed by atoms with Gasteiger partial charge in [-0.1, -0.05) is 19.1 Å². The van der Waals surface area contributed by atoms with E-state index in [1.165, 1.54) is 0 Å². The summed E-state index contributed by atoms with van der Waals surface area (Å²) in [4.78, 5) is 29.9. The zero-order chi connectivity index (χ0) is 27.7. The zero-order valence-electron chi connectivity index (χ0n) is 21.8. The summed E-state index contributed by atoms with van der Waals surface area (Å²) in [6.07, 6.45) is 2.14. The average molecular weight is 541 g/mol. The van der Waals surface area contributed by atoms with Crippen molar-refractivity contribution < 1.29 is 19.1 Å². The summed E-state index contributed by atoms with van der Waals surface area (Å²) in [5, 5.41) is 16.2. The van der Waals surface area contributed by atoms with Crippen molar-refractivity contribution >= 4 is 40.6 Å². The molecule has 1 aliphatic rings. The molecule has 3 N–H and O–H groups in total. The van der Waals surface area contributed by atoms with Gasteiger partial charge >= 0.3 is 5.97 Å². The van der Waals surface area contributed by atoms with E-state index >= 15 is 0 Å².